The first-order valence-electron chi connectivity index (χ1n) is 11.2. The third-order valence-electron chi connectivity index (χ3n) is 7.18. The second-order valence-corrected chi connectivity index (χ2v) is 8.99. The number of hydrogen-bond acceptors (Lipinski definition) is 7. The van der Waals surface area contributed by atoms with Gasteiger partial charge in [0.05, 0.1) is 18.7 Å². The summed E-state index contributed by atoms with van der Waals surface area (Å²) >= 11 is 0. The maximum atomic E-state index is 12.9. The van der Waals surface area contributed by atoms with E-state index in [9.17, 15) is 4.79 Å². The monoisotopic (exact) mass is 399 g/mol. The molecule has 1 atom stereocenters. The first kappa shape index (κ1) is 19.1. The van der Waals surface area contributed by atoms with E-state index in [4.69, 9.17) is 4.98 Å². The summed E-state index contributed by atoms with van der Waals surface area (Å²) in [5.74, 6) is 2.14. The summed E-state index contributed by atoms with van der Waals surface area (Å²) in [6.45, 7) is 7.48. The van der Waals surface area contributed by atoms with Crippen LogP contribution in [0.1, 0.15) is 37.7 Å². The van der Waals surface area contributed by atoms with Crippen LogP contribution < -0.4 is 15.1 Å². The smallest absolute Gasteiger partial charge is 0.242 e. The van der Waals surface area contributed by atoms with Gasteiger partial charge in [0.2, 0.25) is 5.91 Å². The van der Waals surface area contributed by atoms with Crippen LogP contribution in [-0.2, 0) is 11.3 Å². The van der Waals surface area contributed by atoms with Gasteiger partial charge in [0.25, 0.3) is 0 Å². The number of hydrogen-bond donors (Lipinski definition) is 1. The van der Waals surface area contributed by atoms with Gasteiger partial charge < -0.3 is 24.9 Å². The van der Waals surface area contributed by atoms with Gasteiger partial charge in [-0.05, 0) is 51.7 Å². The van der Waals surface area contributed by atoms with Gasteiger partial charge in [0.1, 0.15) is 18.0 Å². The highest BCUT2D eigenvalue weighted by Gasteiger charge is 2.35. The Morgan fingerprint density at radius 3 is 2.45 bits per heavy atom. The van der Waals surface area contributed by atoms with E-state index in [0.29, 0.717) is 13.1 Å². The number of likely N-dealkylation sites (tertiary alicyclic amines) is 1. The van der Waals surface area contributed by atoms with E-state index >= 15 is 0 Å². The third kappa shape index (κ3) is 3.68. The summed E-state index contributed by atoms with van der Waals surface area (Å²) in [5.41, 5.74) is 1.12. The molecule has 0 saturated carbocycles. The zero-order chi connectivity index (χ0) is 19.8. The molecule has 3 saturated heterocycles. The first-order chi connectivity index (χ1) is 14.2. The van der Waals surface area contributed by atoms with E-state index in [1.807, 2.05) is 11.9 Å². The minimum absolute atomic E-state index is 0.192. The van der Waals surface area contributed by atoms with E-state index in [-0.39, 0.29) is 11.9 Å². The summed E-state index contributed by atoms with van der Waals surface area (Å²) in [5, 5.41) is 3.40. The molecule has 5 heterocycles. The Kier molecular flexibility index (Phi) is 5.30. The molecular weight excluding hydrogens is 366 g/mol. The number of carbonyl (C=O) groups excluding carboxylic acids is 1. The number of rotatable bonds is 3. The highest BCUT2D eigenvalue weighted by molar-refractivity contribution is 5.84. The van der Waals surface area contributed by atoms with Crippen molar-refractivity contribution in [3.05, 3.63) is 11.9 Å². The van der Waals surface area contributed by atoms with Crippen LogP contribution in [0.3, 0.4) is 0 Å². The zero-order valence-corrected chi connectivity index (χ0v) is 17.5. The Labute approximate surface area is 173 Å². The number of nitrogens with zero attached hydrogens (tertiary/aromatic N) is 6. The average molecular weight is 400 g/mol. The number of nitrogens with one attached hydrogen (secondary N) is 1. The predicted molar refractivity (Wildman–Crippen MR) is 113 cm³/mol. The lowest BCUT2D eigenvalue weighted by molar-refractivity contribution is -0.132. The summed E-state index contributed by atoms with van der Waals surface area (Å²) < 4.78 is 0. The van der Waals surface area contributed by atoms with E-state index in [2.05, 4.69) is 25.0 Å². The Morgan fingerprint density at radius 1 is 0.966 bits per heavy atom. The molecular formula is C21H33N7O. The molecule has 1 amide bonds. The first-order valence-corrected chi connectivity index (χ1v) is 11.2. The largest absolute Gasteiger partial charge is 0.356 e. The minimum Gasteiger partial charge on any atom is -0.356 e. The van der Waals surface area contributed by atoms with Crippen molar-refractivity contribution in [2.75, 3.05) is 62.7 Å². The van der Waals surface area contributed by atoms with Crippen molar-refractivity contribution in [2.45, 2.75) is 50.7 Å². The van der Waals surface area contributed by atoms with E-state index in [0.717, 1.165) is 55.8 Å². The van der Waals surface area contributed by atoms with Gasteiger partial charge in [-0.2, -0.15) is 0 Å². The molecule has 1 unspecified atom stereocenters. The highest BCUT2D eigenvalue weighted by atomic mass is 16.2. The van der Waals surface area contributed by atoms with Gasteiger partial charge in [-0.1, -0.05) is 0 Å². The van der Waals surface area contributed by atoms with E-state index in [1.165, 1.54) is 38.8 Å². The molecule has 5 rings (SSSR count). The lowest BCUT2D eigenvalue weighted by atomic mass is 10.0. The van der Waals surface area contributed by atoms with Gasteiger partial charge in [-0.25, -0.2) is 9.97 Å². The highest BCUT2D eigenvalue weighted by Crippen LogP contribution is 2.33. The molecule has 1 N–H and O–H groups in total. The van der Waals surface area contributed by atoms with Crippen molar-refractivity contribution in [1.29, 1.82) is 0 Å². The van der Waals surface area contributed by atoms with Crippen LogP contribution in [0.4, 0.5) is 11.6 Å². The van der Waals surface area contributed by atoms with Gasteiger partial charge in [-0.15, -0.1) is 0 Å². The molecule has 4 aliphatic rings. The van der Waals surface area contributed by atoms with Gasteiger partial charge in [0, 0.05) is 38.8 Å². The molecule has 0 aromatic carbocycles. The fourth-order valence-corrected chi connectivity index (χ4v) is 5.55. The lowest BCUT2D eigenvalue weighted by Gasteiger charge is -2.38. The summed E-state index contributed by atoms with van der Waals surface area (Å²) in [4.78, 5) is 31.4. The summed E-state index contributed by atoms with van der Waals surface area (Å²) in [6, 6.07) is 0.996. The molecule has 3 fully saturated rings. The minimum atomic E-state index is 0.192. The number of carbonyl (C=O) groups is 1. The molecule has 0 aliphatic carbocycles. The number of fused-ring (bicyclic) bond motifs is 1. The molecule has 1 aromatic rings. The van der Waals surface area contributed by atoms with Gasteiger partial charge in [-0.3, -0.25) is 4.79 Å². The molecule has 29 heavy (non-hydrogen) atoms. The second-order valence-electron chi connectivity index (χ2n) is 8.99. The number of likely N-dealkylation sites (N-methyl/N-ethyl adjacent to an activating group) is 1. The molecule has 0 radical (unpaired) electrons. The van der Waals surface area contributed by atoms with E-state index < -0.39 is 0 Å². The standard InChI is InChI=1S/C21H33N7O/c1-25-14-19(29)28(17-4-7-22-12-17)13-18-20(25)23-15-24-21(18)27-10-5-16(6-11-27)26-8-2-3-9-26/h15-17,22H,2-14H2,1H3. The fraction of sp³-hybridized carbons (Fsp3) is 0.762. The molecule has 8 heteroatoms. The Bertz CT molecular complexity index is 737. The lowest BCUT2D eigenvalue weighted by Crippen LogP contribution is -2.45. The van der Waals surface area contributed by atoms with Crippen molar-refractivity contribution < 1.29 is 4.79 Å². The number of anilines is 2. The van der Waals surface area contributed by atoms with Crippen molar-refractivity contribution in [2.24, 2.45) is 0 Å². The van der Waals surface area contributed by atoms with Crippen LogP contribution in [0.5, 0.6) is 0 Å². The Balaban J connectivity index is 1.38. The topological polar surface area (TPSA) is 67.8 Å². The maximum Gasteiger partial charge on any atom is 0.242 e. The predicted octanol–water partition coefficient (Wildman–Crippen LogP) is 0.682. The van der Waals surface area contributed by atoms with Crippen LogP contribution in [0.15, 0.2) is 6.33 Å². The van der Waals surface area contributed by atoms with E-state index in [1.54, 1.807) is 6.33 Å². The van der Waals surface area contributed by atoms with Gasteiger partial charge in [0.15, 0.2) is 0 Å². The van der Waals surface area contributed by atoms with Crippen LogP contribution in [0.2, 0.25) is 0 Å². The molecule has 0 bridgehead atoms. The molecule has 8 nitrogen and oxygen atoms in total. The van der Waals surface area contributed by atoms with Crippen LogP contribution >= 0.6 is 0 Å². The second kappa shape index (κ2) is 8.07. The summed E-state index contributed by atoms with van der Waals surface area (Å²) in [6.07, 6.45) is 7.80. The van der Waals surface area contributed by atoms with Crippen LogP contribution in [0, 0.1) is 0 Å². The Hall–Kier alpha value is -1.93. The SMILES string of the molecule is CN1CC(=O)N(C2CCNC2)Cc2c1ncnc2N1CCC(N2CCCC2)CC1. The fourth-order valence-electron chi connectivity index (χ4n) is 5.55. The molecule has 158 valence electrons. The van der Waals surface area contributed by atoms with Crippen molar-refractivity contribution in [1.82, 2.24) is 25.1 Å². The molecule has 4 aliphatic heterocycles. The van der Waals surface area contributed by atoms with Crippen LogP contribution in [0.25, 0.3) is 0 Å². The van der Waals surface area contributed by atoms with Crippen molar-refractivity contribution >= 4 is 17.5 Å². The van der Waals surface area contributed by atoms with Gasteiger partial charge >= 0.3 is 0 Å². The van der Waals surface area contributed by atoms with Crippen molar-refractivity contribution in [3.8, 4) is 0 Å². The number of aromatic nitrogens is 2. The number of amides is 1. The average Bonchev–Trinajstić information content (AvgIpc) is 3.44. The molecule has 0 spiro atoms. The quantitative estimate of drug-likeness (QED) is 0.802. The molecule has 1 aromatic heterocycles. The Morgan fingerprint density at radius 2 is 1.72 bits per heavy atom. The zero-order valence-electron chi connectivity index (χ0n) is 17.5. The summed E-state index contributed by atoms with van der Waals surface area (Å²) in [7, 11) is 1.98. The maximum absolute atomic E-state index is 12.9. The normalized spacial score (nSPS) is 26.9. The third-order valence-corrected chi connectivity index (χ3v) is 7.18. The van der Waals surface area contributed by atoms with Crippen molar-refractivity contribution in [3.63, 3.8) is 0 Å². The number of piperidine rings is 1. The van der Waals surface area contributed by atoms with Crippen LogP contribution in [-0.4, -0.2) is 90.6 Å².